The zero-order chi connectivity index (χ0) is 11.1. The van der Waals surface area contributed by atoms with E-state index in [0.717, 1.165) is 30.3 Å². The van der Waals surface area contributed by atoms with E-state index in [1.54, 1.807) is 18.4 Å². The van der Waals surface area contributed by atoms with Crippen molar-refractivity contribution in [3.05, 3.63) is 16.1 Å². The topological polar surface area (TPSA) is 34.1 Å². The minimum atomic E-state index is 0.448. The summed E-state index contributed by atoms with van der Waals surface area (Å²) in [7, 11) is 1.75. The number of aryl methyl sites for hydroxylation is 1. The lowest BCUT2D eigenvalue weighted by molar-refractivity contribution is 0.161. The number of nitrogens with zero attached hydrogens (tertiary/aromatic N) is 1. The molecule has 4 heteroatoms. The summed E-state index contributed by atoms with van der Waals surface area (Å²) in [5.74, 6) is 0. The van der Waals surface area contributed by atoms with Gasteiger partial charge in [0.15, 0.2) is 0 Å². The van der Waals surface area contributed by atoms with E-state index in [1.165, 1.54) is 6.42 Å². The number of thiazole rings is 1. The lowest BCUT2D eigenvalue weighted by atomic mass is 10.2. The van der Waals surface area contributed by atoms with Crippen molar-refractivity contribution in [2.45, 2.75) is 39.3 Å². The Labute approximate surface area is 95.9 Å². The van der Waals surface area contributed by atoms with Crippen molar-refractivity contribution >= 4 is 11.3 Å². The fraction of sp³-hybridized carbons (Fsp3) is 0.727. The monoisotopic (exact) mass is 228 g/mol. The maximum Gasteiger partial charge on any atom is 0.107 e. The smallest absolute Gasteiger partial charge is 0.107 e. The van der Waals surface area contributed by atoms with E-state index < -0.39 is 0 Å². The minimum Gasteiger partial charge on any atom is -0.383 e. The van der Waals surface area contributed by atoms with Crippen molar-refractivity contribution in [1.82, 2.24) is 10.3 Å². The second kappa shape index (κ2) is 6.93. The summed E-state index contributed by atoms with van der Waals surface area (Å²) in [6.07, 6.45) is 2.33. The molecule has 1 aromatic heterocycles. The molecule has 15 heavy (non-hydrogen) atoms. The molecule has 0 aliphatic carbocycles. The molecule has 1 atom stereocenters. The van der Waals surface area contributed by atoms with Crippen molar-refractivity contribution in [2.75, 3.05) is 13.7 Å². The van der Waals surface area contributed by atoms with E-state index in [0.29, 0.717) is 6.04 Å². The lowest BCUT2D eigenvalue weighted by Crippen LogP contribution is -2.32. The van der Waals surface area contributed by atoms with Gasteiger partial charge >= 0.3 is 0 Å². The molecule has 1 unspecified atom stereocenters. The second-order valence-corrected chi connectivity index (χ2v) is 4.65. The first-order valence-electron chi connectivity index (χ1n) is 5.39. The zero-order valence-electron chi connectivity index (χ0n) is 9.75. The largest absolute Gasteiger partial charge is 0.383 e. The molecule has 1 rings (SSSR count). The molecule has 0 saturated carbocycles. The number of nitrogens with one attached hydrogen (secondary N) is 1. The first kappa shape index (κ1) is 12.6. The summed E-state index contributed by atoms with van der Waals surface area (Å²) in [6, 6.07) is 0.448. The van der Waals surface area contributed by atoms with Crippen LogP contribution in [-0.4, -0.2) is 24.7 Å². The van der Waals surface area contributed by atoms with Crippen LogP contribution in [-0.2, 0) is 11.3 Å². The van der Waals surface area contributed by atoms with Gasteiger partial charge in [0.2, 0.25) is 0 Å². The van der Waals surface area contributed by atoms with Gasteiger partial charge in [-0.1, -0.05) is 13.3 Å². The van der Waals surface area contributed by atoms with Gasteiger partial charge in [-0.3, -0.25) is 0 Å². The Bertz CT molecular complexity index is 269. The number of rotatable bonds is 7. The third-order valence-electron chi connectivity index (χ3n) is 2.21. The fourth-order valence-corrected chi connectivity index (χ4v) is 2.23. The fourth-order valence-electron chi connectivity index (χ4n) is 1.51. The molecule has 0 radical (unpaired) electrons. The predicted octanol–water partition coefficient (Wildman–Crippen LogP) is 2.36. The van der Waals surface area contributed by atoms with Crippen LogP contribution < -0.4 is 5.32 Å². The second-order valence-electron chi connectivity index (χ2n) is 3.70. The van der Waals surface area contributed by atoms with Crippen LogP contribution in [0.1, 0.15) is 30.5 Å². The summed E-state index contributed by atoms with van der Waals surface area (Å²) in [5.41, 5.74) is 1.11. The Morgan fingerprint density at radius 3 is 2.93 bits per heavy atom. The molecule has 0 fully saturated rings. The van der Waals surface area contributed by atoms with Crippen molar-refractivity contribution in [3.8, 4) is 0 Å². The van der Waals surface area contributed by atoms with Crippen LogP contribution in [0.4, 0.5) is 0 Å². The summed E-state index contributed by atoms with van der Waals surface area (Å²) in [5, 5.41) is 6.72. The minimum absolute atomic E-state index is 0.448. The van der Waals surface area contributed by atoms with E-state index in [1.807, 2.05) is 6.92 Å². The van der Waals surface area contributed by atoms with Crippen LogP contribution in [0.15, 0.2) is 5.38 Å². The average molecular weight is 228 g/mol. The Morgan fingerprint density at radius 1 is 1.60 bits per heavy atom. The van der Waals surface area contributed by atoms with Crippen LogP contribution in [0.5, 0.6) is 0 Å². The molecule has 0 saturated heterocycles. The number of aromatic nitrogens is 1. The van der Waals surface area contributed by atoms with Crippen molar-refractivity contribution < 1.29 is 4.74 Å². The number of hydrogen-bond donors (Lipinski definition) is 1. The van der Waals surface area contributed by atoms with Gasteiger partial charge in [-0.25, -0.2) is 4.98 Å². The van der Waals surface area contributed by atoms with E-state index in [9.17, 15) is 0 Å². The standard InChI is InChI=1S/C11H20N2OS/c1-4-5-10(7-14-3)12-6-11-13-9(2)8-15-11/h8,10,12H,4-7H2,1-3H3. The van der Waals surface area contributed by atoms with Crippen molar-refractivity contribution in [3.63, 3.8) is 0 Å². The lowest BCUT2D eigenvalue weighted by Gasteiger charge is -2.15. The predicted molar refractivity (Wildman–Crippen MR) is 64.3 cm³/mol. The number of ether oxygens (including phenoxy) is 1. The Hall–Kier alpha value is -0.450. The maximum atomic E-state index is 5.17. The summed E-state index contributed by atoms with van der Waals surface area (Å²) >= 11 is 1.71. The molecule has 0 aliphatic rings. The SMILES string of the molecule is CCCC(COC)NCc1nc(C)cs1. The molecule has 86 valence electrons. The molecular formula is C11H20N2OS. The van der Waals surface area contributed by atoms with Crippen LogP contribution in [0.3, 0.4) is 0 Å². The highest BCUT2D eigenvalue weighted by Gasteiger charge is 2.07. The van der Waals surface area contributed by atoms with Crippen molar-refractivity contribution in [1.29, 1.82) is 0 Å². The zero-order valence-corrected chi connectivity index (χ0v) is 10.6. The molecule has 1 heterocycles. The van der Waals surface area contributed by atoms with E-state index in [-0.39, 0.29) is 0 Å². The van der Waals surface area contributed by atoms with E-state index >= 15 is 0 Å². The quantitative estimate of drug-likeness (QED) is 0.778. The summed E-state index contributed by atoms with van der Waals surface area (Å²) in [6.45, 7) is 5.85. The van der Waals surface area contributed by atoms with Gasteiger partial charge < -0.3 is 10.1 Å². The van der Waals surface area contributed by atoms with Gasteiger partial charge in [0.1, 0.15) is 5.01 Å². The van der Waals surface area contributed by atoms with Gasteiger partial charge in [-0.05, 0) is 13.3 Å². The Balaban J connectivity index is 2.32. The van der Waals surface area contributed by atoms with E-state index in [4.69, 9.17) is 4.74 Å². The number of hydrogen-bond acceptors (Lipinski definition) is 4. The maximum absolute atomic E-state index is 5.17. The first-order valence-corrected chi connectivity index (χ1v) is 6.27. The molecule has 1 aromatic rings. The summed E-state index contributed by atoms with van der Waals surface area (Å²) < 4.78 is 5.17. The highest BCUT2D eigenvalue weighted by atomic mass is 32.1. The van der Waals surface area contributed by atoms with Gasteiger partial charge in [-0.2, -0.15) is 0 Å². The Kier molecular flexibility index (Phi) is 5.83. The van der Waals surface area contributed by atoms with E-state index in [2.05, 4.69) is 22.6 Å². The highest BCUT2D eigenvalue weighted by molar-refractivity contribution is 7.09. The van der Waals surface area contributed by atoms with Crippen LogP contribution in [0.2, 0.25) is 0 Å². The number of methoxy groups -OCH3 is 1. The molecular weight excluding hydrogens is 208 g/mol. The normalized spacial score (nSPS) is 13.0. The van der Waals surface area contributed by atoms with Gasteiger partial charge in [0.05, 0.1) is 6.61 Å². The molecule has 0 spiro atoms. The van der Waals surface area contributed by atoms with Crippen LogP contribution in [0.25, 0.3) is 0 Å². The molecule has 0 bridgehead atoms. The third kappa shape index (κ3) is 4.73. The molecule has 3 nitrogen and oxygen atoms in total. The molecule has 0 aliphatic heterocycles. The van der Waals surface area contributed by atoms with Crippen LogP contribution >= 0.6 is 11.3 Å². The third-order valence-corrected chi connectivity index (χ3v) is 3.18. The Morgan fingerprint density at radius 2 is 2.40 bits per heavy atom. The molecule has 0 amide bonds. The average Bonchev–Trinajstić information content (AvgIpc) is 2.61. The van der Waals surface area contributed by atoms with Crippen LogP contribution in [0, 0.1) is 6.92 Å². The summed E-state index contributed by atoms with van der Waals surface area (Å²) in [4.78, 5) is 4.42. The van der Waals surface area contributed by atoms with Gasteiger partial charge in [0, 0.05) is 30.8 Å². The van der Waals surface area contributed by atoms with Gasteiger partial charge in [0.25, 0.3) is 0 Å². The molecule has 0 aromatic carbocycles. The molecule has 1 N–H and O–H groups in total. The highest BCUT2D eigenvalue weighted by Crippen LogP contribution is 2.09. The first-order chi connectivity index (χ1) is 7.26. The van der Waals surface area contributed by atoms with Gasteiger partial charge in [-0.15, -0.1) is 11.3 Å². The van der Waals surface area contributed by atoms with Crippen molar-refractivity contribution in [2.24, 2.45) is 0 Å².